The van der Waals surface area contributed by atoms with Gasteiger partial charge in [-0.05, 0) is 57.1 Å². The number of halogens is 1. The summed E-state index contributed by atoms with van der Waals surface area (Å²) in [6.07, 6.45) is 5.30. The number of ketones is 1. The van der Waals surface area contributed by atoms with Crippen molar-refractivity contribution < 1.29 is 19.4 Å². The second-order valence-corrected chi connectivity index (χ2v) is 10.1. The van der Waals surface area contributed by atoms with Gasteiger partial charge in [-0.2, -0.15) is 0 Å². The fourth-order valence-electron chi connectivity index (χ4n) is 4.65. The maximum Gasteiger partial charge on any atom is 0.295 e. The van der Waals surface area contributed by atoms with E-state index in [0.29, 0.717) is 23.4 Å². The minimum absolute atomic E-state index is 0.0978. The number of nitrogens with zero attached hydrogens (tertiary/aromatic N) is 2. The van der Waals surface area contributed by atoms with E-state index in [2.05, 4.69) is 34.7 Å². The molecule has 6 nitrogen and oxygen atoms in total. The smallest absolute Gasteiger partial charge is 0.295 e. The molecule has 2 aromatic rings. The van der Waals surface area contributed by atoms with Gasteiger partial charge in [0.15, 0.2) is 0 Å². The first-order valence-corrected chi connectivity index (χ1v) is 13.6. The molecule has 7 heteroatoms. The Hall–Kier alpha value is -2.64. The lowest BCUT2D eigenvalue weighted by atomic mass is 9.94. The summed E-state index contributed by atoms with van der Waals surface area (Å²) >= 11 is 3.40. The summed E-state index contributed by atoms with van der Waals surface area (Å²) in [6, 6.07) is 13.7. The molecule has 1 saturated heterocycles. The molecule has 0 aromatic heterocycles. The first kappa shape index (κ1) is 27.9. The van der Waals surface area contributed by atoms with Gasteiger partial charge < -0.3 is 19.6 Å². The molecule has 1 N–H and O–H groups in total. The highest BCUT2D eigenvalue weighted by Gasteiger charge is 2.46. The van der Waals surface area contributed by atoms with Crippen molar-refractivity contribution in [1.29, 1.82) is 0 Å². The number of unbranched alkanes of at least 4 members (excludes halogenated alkanes) is 2. The third kappa shape index (κ3) is 6.56. The highest BCUT2D eigenvalue weighted by atomic mass is 79.9. The predicted octanol–water partition coefficient (Wildman–Crippen LogP) is 6.17. The number of carbonyl (C=O) groups excluding carboxylic acids is 2. The summed E-state index contributed by atoms with van der Waals surface area (Å²) in [5, 5.41) is 11.2. The number of amides is 1. The summed E-state index contributed by atoms with van der Waals surface area (Å²) in [5.74, 6) is -0.853. The van der Waals surface area contributed by atoms with Gasteiger partial charge in [-0.25, -0.2) is 0 Å². The number of likely N-dealkylation sites (tertiary alicyclic amines) is 1. The van der Waals surface area contributed by atoms with E-state index >= 15 is 0 Å². The number of benzene rings is 2. The quantitative estimate of drug-likeness (QED) is 0.181. The van der Waals surface area contributed by atoms with Crippen molar-refractivity contribution in [2.45, 2.75) is 52.0 Å². The summed E-state index contributed by atoms with van der Waals surface area (Å²) in [4.78, 5) is 30.6. The van der Waals surface area contributed by atoms with E-state index < -0.39 is 17.7 Å². The second kappa shape index (κ2) is 13.6. The van der Waals surface area contributed by atoms with Crippen LogP contribution >= 0.6 is 15.9 Å². The van der Waals surface area contributed by atoms with Crippen molar-refractivity contribution in [1.82, 2.24) is 9.80 Å². The molecule has 1 heterocycles. The van der Waals surface area contributed by atoms with E-state index in [4.69, 9.17) is 4.74 Å². The van der Waals surface area contributed by atoms with Gasteiger partial charge >= 0.3 is 0 Å². The zero-order valence-corrected chi connectivity index (χ0v) is 23.1. The van der Waals surface area contributed by atoms with Crippen molar-refractivity contribution in [2.75, 3.05) is 33.3 Å². The predicted molar refractivity (Wildman–Crippen MR) is 147 cm³/mol. The van der Waals surface area contributed by atoms with Gasteiger partial charge in [0.2, 0.25) is 0 Å². The molecule has 0 unspecified atom stereocenters. The van der Waals surface area contributed by atoms with Crippen LogP contribution in [0.1, 0.15) is 63.1 Å². The Bertz CT molecular complexity index is 1060. The molecule has 194 valence electrons. The van der Waals surface area contributed by atoms with Gasteiger partial charge in [0.1, 0.15) is 11.5 Å². The molecule has 1 fully saturated rings. The van der Waals surface area contributed by atoms with Gasteiger partial charge in [0, 0.05) is 22.1 Å². The van der Waals surface area contributed by atoms with Gasteiger partial charge in [0.25, 0.3) is 11.7 Å². The molecule has 2 aromatic carbocycles. The highest BCUT2D eigenvalue weighted by molar-refractivity contribution is 9.10. The van der Waals surface area contributed by atoms with E-state index in [1.165, 1.54) is 0 Å². The van der Waals surface area contributed by atoms with Crippen LogP contribution in [-0.2, 0) is 9.59 Å². The van der Waals surface area contributed by atoms with E-state index in [1.54, 1.807) is 36.3 Å². The van der Waals surface area contributed by atoms with Crippen LogP contribution in [0, 0.1) is 0 Å². The van der Waals surface area contributed by atoms with Gasteiger partial charge in [0.05, 0.1) is 18.7 Å². The van der Waals surface area contributed by atoms with Gasteiger partial charge in [-0.3, -0.25) is 9.59 Å². The second-order valence-electron chi connectivity index (χ2n) is 9.14. The van der Waals surface area contributed by atoms with E-state index in [9.17, 15) is 14.7 Å². The topological polar surface area (TPSA) is 70.1 Å². The minimum Gasteiger partial charge on any atom is -0.507 e. The van der Waals surface area contributed by atoms with Crippen LogP contribution < -0.4 is 4.74 Å². The van der Waals surface area contributed by atoms with Crippen LogP contribution in [0.5, 0.6) is 5.75 Å². The number of hydrogen-bond acceptors (Lipinski definition) is 5. The number of para-hydroxylation sites is 1. The molecule has 3 rings (SSSR count). The van der Waals surface area contributed by atoms with Crippen molar-refractivity contribution in [3.8, 4) is 5.75 Å². The van der Waals surface area contributed by atoms with Crippen LogP contribution in [0.15, 0.2) is 58.6 Å². The van der Waals surface area contributed by atoms with Crippen molar-refractivity contribution in [3.05, 3.63) is 69.7 Å². The molecule has 0 radical (unpaired) electrons. The maximum absolute atomic E-state index is 13.3. The summed E-state index contributed by atoms with van der Waals surface area (Å²) < 4.78 is 6.45. The Morgan fingerprint density at radius 3 is 2.19 bits per heavy atom. The Kier molecular flexibility index (Phi) is 10.6. The fraction of sp³-hybridized carbons (Fsp3) is 0.448. The number of methoxy groups -OCH3 is 1. The Balaban J connectivity index is 1.95. The van der Waals surface area contributed by atoms with Crippen LogP contribution in [0.4, 0.5) is 0 Å². The highest BCUT2D eigenvalue weighted by Crippen LogP contribution is 2.42. The molecule has 1 amide bonds. The first-order valence-electron chi connectivity index (χ1n) is 12.8. The lowest BCUT2D eigenvalue weighted by Gasteiger charge is -2.28. The number of aliphatic hydroxyl groups is 1. The van der Waals surface area contributed by atoms with Crippen molar-refractivity contribution >= 4 is 33.4 Å². The maximum atomic E-state index is 13.3. The summed E-state index contributed by atoms with van der Waals surface area (Å²) in [6.45, 7) is 7.73. The van der Waals surface area contributed by atoms with Crippen LogP contribution in [0.25, 0.3) is 5.76 Å². The summed E-state index contributed by atoms with van der Waals surface area (Å²) in [7, 11) is 1.57. The monoisotopic (exact) mass is 556 g/mol. The average molecular weight is 558 g/mol. The largest absolute Gasteiger partial charge is 0.507 e. The molecule has 1 aliphatic rings. The SMILES string of the molecule is CCCCN(CCCC)CCCN1C(=O)C(=O)C(=C(O)c2ccc(Br)cc2)[C@H]1c1ccccc1OC. The van der Waals surface area contributed by atoms with Gasteiger partial charge in [-0.15, -0.1) is 0 Å². The molecule has 0 spiro atoms. The normalized spacial score (nSPS) is 17.2. The molecule has 1 aliphatic heterocycles. The standard InChI is InChI=1S/C29H37BrN2O4/c1-4-6-17-31(18-7-5-2)19-10-20-32-26(23-11-8-9-12-24(23)36-3)25(28(34)29(32)35)27(33)21-13-15-22(30)16-14-21/h8-9,11-16,26,33H,4-7,10,17-20H2,1-3H3/t26-/m1/s1. The molecular weight excluding hydrogens is 520 g/mol. The number of ether oxygens (including phenoxy) is 1. The van der Waals surface area contributed by atoms with Crippen molar-refractivity contribution in [2.24, 2.45) is 0 Å². The van der Waals surface area contributed by atoms with Crippen LogP contribution in [0.2, 0.25) is 0 Å². The number of carbonyl (C=O) groups is 2. The average Bonchev–Trinajstić information content (AvgIpc) is 3.14. The van der Waals surface area contributed by atoms with Crippen molar-refractivity contribution in [3.63, 3.8) is 0 Å². The third-order valence-corrected chi connectivity index (χ3v) is 7.15. The Morgan fingerprint density at radius 1 is 0.972 bits per heavy atom. The number of Topliss-reactive ketones (excluding diaryl/α,β-unsaturated/α-hetero) is 1. The van der Waals surface area contributed by atoms with E-state index in [0.717, 1.165) is 56.2 Å². The Labute approximate surface area is 223 Å². The zero-order chi connectivity index (χ0) is 26.1. The lowest BCUT2D eigenvalue weighted by molar-refractivity contribution is -0.140. The molecular formula is C29H37BrN2O4. The third-order valence-electron chi connectivity index (χ3n) is 6.62. The summed E-state index contributed by atoms with van der Waals surface area (Å²) in [5.41, 5.74) is 1.27. The lowest BCUT2D eigenvalue weighted by Crippen LogP contribution is -2.34. The number of rotatable bonds is 13. The van der Waals surface area contributed by atoms with Crippen LogP contribution in [-0.4, -0.2) is 59.9 Å². The van der Waals surface area contributed by atoms with Crippen LogP contribution in [0.3, 0.4) is 0 Å². The molecule has 1 atom stereocenters. The minimum atomic E-state index is -0.718. The molecule has 36 heavy (non-hydrogen) atoms. The molecule has 0 bridgehead atoms. The fourth-order valence-corrected chi connectivity index (χ4v) is 4.92. The molecule has 0 aliphatic carbocycles. The molecule has 0 saturated carbocycles. The number of hydrogen-bond donors (Lipinski definition) is 1. The first-order chi connectivity index (χ1) is 17.4. The Morgan fingerprint density at radius 2 is 1.58 bits per heavy atom. The van der Waals surface area contributed by atoms with E-state index in [-0.39, 0.29) is 11.3 Å². The zero-order valence-electron chi connectivity index (χ0n) is 21.5. The van der Waals surface area contributed by atoms with E-state index in [1.807, 2.05) is 24.3 Å². The van der Waals surface area contributed by atoms with Gasteiger partial charge in [-0.1, -0.05) is 73.0 Å². The number of aliphatic hydroxyl groups excluding tert-OH is 1.